The van der Waals surface area contributed by atoms with Crippen molar-refractivity contribution >= 4 is 5.96 Å². The highest BCUT2D eigenvalue weighted by molar-refractivity contribution is 5.80. The number of guanidine groups is 1. The minimum absolute atomic E-state index is 0.466. The molecule has 0 spiro atoms. The molecule has 1 aliphatic rings. The first-order chi connectivity index (χ1) is 12.1. The Balaban J connectivity index is 1.89. The average Bonchev–Trinajstić information content (AvgIpc) is 2.64. The summed E-state index contributed by atoms with van der Waals surface area (Å²) in [5.41, 5.74) is 1.04. The lowest BCUT2D eigenvalue weighted by atomic mass is 10.0. The van der Waals surface area contributed by atoms with E-state index in [1.54, 1.807) is 21.3 Å². The van der Waals surface area contributed by atoms with Gasteiger partial charge in [0.05, 0.1) is 14.2 Å². The minimum atomic E-state index is 0.466. The molecule has 2 N–H and O–H groups in total. The van der Waals surface area contributed by atoms with Crippen molar-refractivity contribution in [3.8, 4) is 11.5 Å². The van der Waals surface area contributed by atoms with E-state index in [1.807, 2.05) is 18.2 Å². The third kappa shape index (κ3) is 5.26. The number of benzene rings is 1. The molecule has 0 bridgehead atoms. The fraction of sp³-hybridized carbons (Fsp3) is 0.632. The summed E-state index contributed by atoms with van der Waals surface area (Å²) in [4.78, 5) is 6.88. The molecule has 0 saturated carbocycles. The van der Waals surface area contributed by atoms with Crippen LogP contribution in [-0.2, 0) is 6.54 Å². The molecule has 1 heterocycles. The molecule has 2 rings (SSSR count). The summed E-state index contributed by atoms with van der Waals surface area (Å²) in [5.74, 6) is 2.33. The number of nitrogens with one attached hydrogen (secondary N) is 2. The summed E-state index contributed by atoms with van der Waals surface area (Å²) >= 11 is 0. The van der Waals surface area contributed by atoms with Gasteiger partial charge in [-0.05, 0) is 32.8 Å². The number of likely N-dealkylation sites (tertiary alicyclic amines) is 1. The zero-order chi connectivity index (χ0) is 18.2. The fourth-order valence-corrected chi connectivity index (χ4v) is 3.22. The van der Waals surface area contributed by atoms with Gasteiger partial charge in [-0.25, -0.2) is 0 Å². The van der Waals surface area contributed by atoms with E-state index < -0.39 is 0 Å². The lowest BCUT2D eigenvalue weighted by Gasteiger charge is -2.35. The highest BCUT2D eigenvalue weighted by Crippen LogP contribution is 2.30. The number of ether oxygens (including phenoxy) is 2. The van der Waals surface area contributed by atoms with Gasteiger partial charge in [0.2, 0.25) is 0 Å². The van der Waals surface area contributed by atoms with Crippen molar-refractivity contribution in [2.45, 2.75) is 45.3 Å². The van der Waals surface area contributed by atoms with Crippen LogP contribution in [0.2, 0.25) is 0 Å². The van der Waals surface area contributed by atoms with Crippen molar-refractivity contribution in [3.63, 3.8) is 0 Å². The van der Waals surface area contributed by atoms with Crippen molar-refractivity contribution in [3.05, 3.63) is 23.8 Å². The maximum atomic E-state index is 5.49. The van der Waals surface area contributed by atoms with Gasteiger partial charge in [-0.15, -0.1) is 0 Å². The van der Waals surface area contributed by atoms with Crippen molar-refractivity contribution in [1.29, 1.82) is 0 Å². The van der Waals surface area contributed by atoms with Gasteiger partial charge in [0.25, 0.3) is 0 Å². The van der Waals surface area contributed by atoms with Gasteiger partial charge in [-0.3, -0.25) is 4.99 Å². The van der Waals surface area contributed by atoms with Crippen LogP contribution in [0.4, 0.5) is 0 Å². The van der Waals surface area contributed by atoms with E-state index in [9.17, 15) is 0 Å². The lowest BCUT2D eigenvalue weighted by Crippen LogP contribution is -2.49. The first-order valence-corrected chi connectivity index (χ1v) is 9.00. The second-order valence-corrected chi connectivity index (χ2v) is 6.63. The molecule has 140 valence electrons. The van der Waals surface area contributed by atoms with E-state index in [1.165, 1.54) is 0 Å². The summed E-state index contributed by atoms with van der Waals surface area (Å²) in [7, 11) is 5.12. The second-order valence-electron chi connectivity index (χ2n) is 6.63. The van der Waals surface area contributed by atoms with Crippen molar-refractivity contribution in [2.75, 3.05) is 34.4 Å². The molecular weight excluding hydrogens is 316 g/mol. The summed E-state index contributed by atoms with van der Waals surface area (Å²) in [6.45, 7) is 7.42. The van der Waals surface area contributed by atoms with Crippen LogP contribution in [0.5, 0.6) is 11.5 Å². The number of aliphatic imine (C=N–C) groups is 1. The van der Waals surface area contributed by atoms with Crippen molar-refractivity contribution in [1.82, 2.24) is 15.5 Å². The maximum Gasteiger partial charge on any atom is 0.191 e. The predicted molar refractivity (Wildman–Crippen MR) is 103 cm³/mol. The zero-order valence-corrected chi connectivity index (χ0v) is 16.1. The Bertz CT molecular complexity index is 567. The molecule has 1 aromatic carbocycles. The van der Waals surface area contributed by atoms with E-state index in [2.05, 4.69) is 34.4 Å². The van der Waals surface area contributed by atoms with E-state index >= 15 is 0 Å². The van der Waals surface area contributed by atoms with E-state index in [0.717, 1.165) is 49.0 Å². The first kappa shape index (κ1) is 19.4. The molecule has 0 radical (unpaired) electrons. The van der Waals surface area contributed by atoms with E-state index in [0.29, 0.717) is 18.6 Å². The van der Waals surface area contributed by atoms with Gasteiger partial charge in [0.15, 0.2) is 17.5 Å². The molecule has 6 nitrogen and oxygen atoms in total. The molecule has 0 unspecified atom stereocenters. The molecule has 1 aliphatic heterocycles. The minimum Gasteiger partial charge on any atom is -0.493 e. The number of rotatable bonds is 6. The van der Waals surface area contributed by atoms with Crippen LogP contribution >= 0.6 is 0 Å². The number of hydrogen-bond donors (Lipinski definition) is 2. The SMILES string of the molecule is CN=C(NCc1cccc(OC)c1OC)NC1CCN(C(C)C)CC1. The van der Waals surface area contributed by atoms with Gasteiger partial charge < -0.3 is 25.0 Å². The Hall–Kier alpha value is -1.95. The van der Waals surface area contributed by atoms with Crippen LogP contribution in [0.25, 0.3) is 0 Å². The van der Waals surface area contributed by atoms with Crippen LogP contribution in [0.15, 0.2) is 23.2 Å². The van der Waals surface area contributed by atoms with Crippen LogP contribution in [0.3, 0.4) is 0 Å². The molecule has 1 aromatic rings. The number of hydrogen-bond acceptors (Lipinski definition) is 4. The normalized spacial score (nSPS) is 16.8. The van der Waals surface area contributed by atoms with Crippen molar-refractivity contribution < 1.29 is 9.47 Å². The quantitative estimate of drug-likeness (QED) is 0.610. The highest BCUT2D eigenvalue weighted by atomic mass is 16.5. The molecule has 1 saturated heterocycles. The van der Waals surface area contributed by atoms with Crippen LogP contribution < -0.4 is 20.1 Å². The predicted octanol–water partition coefficient (Wildman–Crippen LogP) is 2.24. The summed E-state index contributed by atoms with van der Waals surface area (Å²) in [6.07, 6.45) is 2.28. The van der Waals surface area contributed by atoms with Crippen LogP contribution in [0.1, 0.15) is 32.3 Å². The molecule has 25 heavy (non-hydrogen) atoms. The fourth-order valence-electron chi connectivity index (χ4n) is 3.22. The number of methoxy groups -OCH3 is 2. The largest absolute Gasteiger partial charge is 0.493 e. The lowest BCUT2D eigenvalue weighted by molar-refractivity contribution is 0.167. The van der Waals surface area contributed by atoms with E-state index in [4.69, 9.17) is 9.47 Å². The molecule has 6 heteroatoms. The summed E-state index contributed by atoms with van der Waals surface area (Å²) < 4.78 is 10.8. The van der Waals surface area contributed by atoms with Crippen LogP contribution in [-0.4, -0.2) is 57.3 Å². The Morgan fingerprint density at radius 2 is 1.96 bits per heavy atom. The first-order valence-electron chi connectivity index (χ1n) is 9.00. The van der Waals surface area contributed by atoms with Gasteiger partial charge in [-0.2, -0.15) is 0 Å². The summed E-state index contributed by atoms with van der Waals surface area (Å²) in [6, 6.07) is 6.99. The van der Waals surface area contributed by atoms with Gasteiger partial charge in [-0.1, -0.05) is 12.1 Å². The number of nitrogens with zero attached hydrogens (tertiary/aromatic N) is 2. The Morgan fingerprint density at radius 1 is 1.24 bits per heavy atom. The van der Waals surface area contributed by atoms with Gasteiger partial charge in [0, 0.05) is 44.3 Å². The van der Waals surface area contributed by atoms with Crippen molar-refractivity contribution in [2.24, 2.45) is 4.99 Å². The smallest absolute Gasteiger partial charge is 0.191 e. The van der Waals surface area contributed by atoms with Gasteiger partial charge >= 0.3 is 0 Å². The standard InChI is InChI=1S/C19H32N4O2/c1-14(2)23-11-9-16(10-12-23)22-19(20-3)21-13-15-7-6-8-17(24-4)18(15)25-5/h6-8,14,16H,9-13H2,1-5H3,(H2,20,21,22). The molecule has 0 atom stereocenters. The molecular formula is C19H32N4O2. The highest BCUT2D eigenvalue weighted by Gasteiger charge is 2.21. The van der Waals surface area contributed by atoms with Crippen LogP contribution in [0, 0.1) is 0 Å². The third-order valence-electron chi connectivity index (χ3n) is 4.76. The molecule has 0 aromatic heterocycles. The molecule has 1 fully saturated rings. The maximum absolute atomic E-state index is 5.49. The summed E-state index contributed by atoms with van der Waals surface area (Å²) in [5, 5.41) is 6.92. The zero-order valence-electron chi connectivity index (χ0n) is 16.1. The second kappa shape index (κ2) is 9.51. The third-order valence-corrected chi connectivity index (χ3v) is 4.76. The molecule has 0 aliphatic carbocycles. The Kier molecular flexibility index (Phi) is 7.37. The monoisotopic (exact) mass is 348 g/mol. The topological polar surface area (TPSA) is 58.1 Å². The average molecular weight is 348 g/mol. The Labute approximate surface area is 151 Å². The Morgan fingerprint density at radius 3 is 2.52 bits per heavy atom. The van der Waals surface area contributed by atoms with Gasteiger partial charge in [0.1, 0.15) is 0 Å². The number of piperidine rings is 1. The molecule has 0 amide bonds. The van der Waals surface area contributed by atoms with E-state index in [-0.39, 0.29) is 0 Å². The number of para-hydroxylation sites is 1.